The molecule has 0 aromatic heterocycles. The number of rotatable bonds is 4. The first kappa shape index (κ1) is 7.25. The van der Waals surface area contributed by atoms with Crippen molar-refractivity contribution < 1.29 is 9.47 Å². The second-order valence-electron chi connectivity index (χ2n) is 1.85. The van der Waals surface area contributed by atoms with Crippen molar-refractivity contribution >= 4 is 15.9 Å². The van der Waals surface area contributed by atoms with Crippen molar-refractivity contribution in [1.29, 1.82) is 0 Å². The lowest BCUT2D eigenvalue weighted by Crippen LogP contribution is -2.00. The van der Waals surface area contributed by atoms with Gasteiger partial charge in [-0.25, -0.2) is 0 Å². The molecule has 0 aromatic carbocycles. The second-order valence-corrected chi connectivity index (χ2v) is 2.38. The van der Waals surface area contributed by atoms with E-state index in [-0.39, 0.29) is 0 Å². The lowest BCUT2D eigenvalue weighted by molar-refractivity contribution is 0.141. The van der Waals surface area contributed by atoms with Crippen LogP contribution in [0.15, 0.2) is 11.1 Å². The maximum Gasteiger partial charge on any atom is 0.104 e. The van der Waals surface area contributed by atoms with E-state index in [1.54, 1.807) is 4.99 Å². The number of hydrogen-bond acceptors (Lipinski definition) is 2. The van der Waals surface area contributed by atoms with Crippen molar-refractivity contribution in [3.63, 3.8) is 0 Å². The topological polar surface area (TPSA) is 21.8 Å². The SMILES string of the molecule is Br/C=C/COCC1CO1. The van der Waals surface area contributed by atoms with Crippen LogP contribution in [0, 0.1) is 0 Å². The highest BCUT2D eigenvalue weighted by Crippen LogP contribution is 2.07. The van der Waals surface area contributed by atoms with E-state index in [1.165, 1.54) is 0 Å². The Balaban J connectivity index is 1.81. The molecular formula is C6H9BrO2. The van der Waals surface area contributed by atoms with Crippen LogP contribution in [0.1, 0.15) is 0 Å². The number of ether oxygens (including phenoxy) is 2. The van der Waals surface area contributed by atoms with Crippen LogP contribution in [0.4, 0.5) is 0 Å². The standard InChI is InChI=1S/C6H9BrO2/c7-2-1-3-8-4-6-5-9-6/h1-2,6H,3-5H2/b2-1+. The Hall–Kier alpha value is 0.140. The number of hydrogen-bond donors (Lipinski definition) is 0. The van der Waals surface area contributed by atoms with Gasteiger partial charge in [0.15, 0.2) is 0 Å². The third-order valence-corrected chi connectivity index (χ3v) is 1.38. The fraction of sp³-hybridized carbons (Fsp3) is 0.667. The summed E-state index contributed by atoms with van der Waals surface area (Å²) < 4.78 is 10.1. The van der Waals surface area contributed by atoms with Crippen molar-refractivity contribution in [3.8, 4) is 0 Å². The lowest BCUT2D eigenvalue weighted by atomic mass is 10.5. The van der Waals surface area contributed by atoms with Gasteiger partial charge in [-0.2, -0.15) is 0 Å². The lowest BCUT2D eigenvalue weighted by Gasteiger charge is -1.93. The van der Waals surface area contributed by atoms with E-state index in [4.69, 9.17) is 9.47 Å². The highest BCUT2D eigenvalue weighted by Gasteiger charge is 2.21. The molecule has 0 radical (unpaired) electrons. The zero-order valence-corrected chi connectivity index (χ0v) is 6.63. The highest BCUT2D eigenvalue weighted by molar-refractivity contribution is 9.11. The van der Waals surface area contributed by atoms with Crippen molar-refractivity contribution in [1.82, 2.24) is 0 Å². The Morgan fingerprint density at radius 3 is 3.11 bits per heavy atom. The molecule has 0 N–H and O–H groups in total. The Labute approximate surface area is 63.0 Å². The van der Waals surface area contributed by atoms with Crippen LogP contribution in [0.3, 0.4) is 0 Å². The van der Waals surface area contributed by atoms with E-state index in [9.17, 15) is 0 Å². The highest BCUT2D eigenvalue weighted by atomic mass is 79.9. The van der Waals surface area contributed by atoms with Gasteiger partial charge in [-0.15, -0.1) is 0 Å². The Kier molecular flexibility index (Phi) is 3.25. The summed E-state index contributed by atoms with van der Waals surface area (Å²) in [7, 11) is 0. The predicted molar refractivity (Wildman–Crippen MR) is 38.6 cm³/mol. The van der Waals surface area contributed by atoms with Gasteiger partial charge >= 0.3 is 0 Å². The minimum absolute atomic E-state index is 0.383. The van der Waals surface area contributed by atoms with Crippen LogP contribution >= 0.6 is 15.9 Å². The summed E-state index contributed by atoms with van der Waals surface area (Å²) in [5.41, 5.74) is 0. The van der Waals surface area contributed by atoms with Crippen LogP contribution < -0.4 is 0 Å². The molecule has 1 aliphatic heterocycles. The predicted octanol–water partition coefficient (Wildman–Crippen LogP) is 1.31. The van der Waals surface area contributed by atoms with Crippen LogP contribution in [0.25, 0.3) is 0 Å². The molecule has 9 heavy (non-hydrogen) atoms. The monoisotopic (exact) mass is 192 g/mol. The van der Waals surface area contributed by atoms with Crippen molar-refractivity contribution in [2.45, 2.75) is 6.10 Å². The number of halogens is 1. The fourth-order valence-electron chi connectivity index (χ4n) is 0.468. The quantitative estimate of drug-likeness (QED) is 0.496. The average molecular weight is 193 g/mol. The summed E-state index contributed by atoms with van der Waals surface area (Å²) in [5, 5.41) is 0. The van der Waals surface area contributed by atoms with E-state index in [0.717, 1.165) is 13.2 Å². The fourth-order valence-corrected chi connectivity index (χ4v) is 0.621. The van der Waals surface area contributed by atoms with Gasteiger partial charge in [0.25, 0.3) is 0 Å². The summed E-state index contributed by atoms with van der Waals surface area (Å²) >= 11 is 3.14. The van der Waals surface area contributed by atoms with Gasteiger partial charge < -0.3 is 9.47 Å². The molecule has 1 unspecified atom stereocenters. The summed E-state index contributed by atoms with van der Waals surface area (Å²) in [6.07, 6.45) is 2.29. The molecule has 0 aromatic rings. The largest absolute Gasteiger partial charge is 0.375 e. The third-order valence-electron chi connectivity index (χ3n) is 1.01. The van der Waals surface area contributed by atoms with E-state index in [2.05, 4.69) is 15.9 Å². The van der Waals surface area contributed by atoms with E-state index >= 15 is 0 Å². The molecule has 1 rings (SSSR count). The summed E-state index contributed by atoms with van der Waals surface area (Å²) in [6.45, 7) is 2.28. The molecule has 1 atom stereocenters. The Morgan fingerprint density at radius 1 is 1.78 bits per heavy atom. The zero-order chi connectivity index (χ0) is 6.53. The van der Waals surface area contributed by atoms with Crippen molar-refractivity contribution in [2.75, 3.05) is 19.8 Å². The second kappa shape index (κ2) is 4.04. The van der Waals surface area contributed by atoms with E-state index in [0.29, 0.717) is 12.7 Å². The van der Waals surface area contributed by atoms with Gasteiger partial charge in [-0.05, 0) is 4.99 Å². The maximum atomic E-state index is 5.16. The van der Waals surface area contributed by atoms with Gasteiger partial charge in [-0.1, -0.05) is 22.0 Å². The molecule has 52 valence electrons. The average Bonchev–Trinajstić information content (AvgIpc) is 2.63. The molecule has 1 fully saturated rings. The molecule has 0 bridgehead atoms. The molecule has 0 amide bonds. The van der Waals surface area contributed by atoms with Gasteiger partial charge in [0.05, 0.1) is 19.8 Å². The molecule has 1 aliphatic rings. The van der Waals surface area contributed by atoms with Crippen LogP contribution in [0.5, 0.6) is 0 Å². The van der Waals surface area contributed by atoms with E-state index < -0.39 is 0 Å². The number of epoxide rings is 1. The molecule has 1 saturated heterocycles. The summed E-state index contributed by atoms with van der Waals surface area (Å²) in [5.74, 6) is 0. The minimum atomic E-state index is 0.383. The third kappa shape index (κ3) is 3.67. The molecule has 3 heteroatoms. The van der Waals surface area contributed by atoms with Gasteiger partial charge in [-0.3, -0.25) is 0 Å². The van der Waals surface area contributed by atoms with Crippen molar-refractivity contribution in [3.05, 3.63) is 11.1 Å². The normalized spacial score (nSPS) is 25.2. The first-order valence-corrected chi connectivity index (χ1v) is 3.79. The molecule has 0 spiro atoms. The van der Waals surface area contributed by atoms with Crippen LogP contribution in [0.2, 0.25) is 0 Å². The molecular weight excluding hydrogens is 184 g/mol. The Bertz CT molecular complexity index is 99.2. The van der Waals surface area contributed by atoms with Crippen molar-refractivity contribution in [2.24, 2.45) is 0 Å². The molecule has 2 nitrogen and oxygen atoms in total. The minimum Gasteiger partial charge on any atom is -0.375 e. The Morgan fingerprint density at radius 2 is 2.56 bits per heavy atom. The van der Waals surface area contributed by atoms with Crippen LogP contribution in [-0.2, 0) is 9.47 Å². The first-order valence-electron chi connectivity index (χ1n) is 2.88. The van der Waals surface area contributed by atoms with Gasteiger partial charge in [0.2, 0.25) is 0 Å². The van der Waals surface area contributed by atoms with E-state index in [1.807, 2.05) is 6.08 Å². The maximum absolute atomic E-state index is 5.16. The molecule has 1 heterocycles. The smallest absolute Gasteiger partial charge is 0.104 e. The molecule has 0 aliphatic carbocycles. The van der Waals surface area contributed by atoms with Crippen LogP contribution in [-0.4, -0.2) is 25.9 Å². The zero-order valence-electron chi connectivity index (χ0n) is 5.05. The summed E-state index contributed by atoms with van der Waals surface area (Å²) in [6, 6.07) is 0. The molecule has 0 saturated carbocycles. The van der Waals surface area contributed by atoms with Gasteiger partial charge in [0.1, 0.15) is 6.10 Å². The summed E-state index contributed by atoms with van der Waals surface area (Å²) in [4.78, 5) is 1.79. The van der Waals surface area contributed by atoms with Gasteiger partial charge in [0, 0.05) is 0 Å². The first-order chi connectivity index (χ1) is 4.43.